The fourth-order valence-corrected chi connectivity index (χ4v) is 3.79. The third kappa shape index (κ3) is 2.54. The molecule has 1 saturated carbocycles. The number of likely N-dealkylation sites (tertiary alicyclic amines) is 1. The number of piperazine rings is 1. The molecule has 2 aliphatic heterocycles. The van der Waals surface area contributed by atoms with E-state index in [2.05, 4.69) is 22.5 Å². The van der Waals surface area contributed by atoms with Crippen LogP contribution in [0.4, 0.5) is 0 Å². The van der Waals surface area contributed by atoms with Gasteiger partial charge in [-0.15, -0.1) is 0 Å². The van der Waals surface area contributed by atoms with E-state index in [1.54, 1.807) is 0 Å². The summed E-state index contributed by atoms with van der Waals surface area (Å²) in [4.78, 5) is 14.6. The zero-order valence-corrected chi connectivity index (χ0v) is 11.3. The number of fused-ring (bicyclic) bond motifs is 2. The number of carbonyl (C=O) groups excluding carboxylic acids is 1. The highest BCUT2D eigenvalue weighted by Gasteiger charge is 2.35. The number of nitrogens with zero attached hydrogens (tertiary/aromatic N) is 1. The summed E-state index contributed by atoms with van der Waals surface area (Å²) in [5.74, 6) is 1.87. The Bertz CT molecular complexity index is 300. The molecule has 18 heavy (non-hydrogen) atoms. The van der Waals surface area contributed by atoms with Gasteiger partial charge in [0.15, 0.2) is 0 Å². The average Bonchev–Trinajstić information content (AvgIpc) is 2.38. The lowest BCUT2D eigenvalue weighted by atomic mass is 9.78. The van der Waals surface area contributed by atoms with Crippen molar-refractivity contribution in [3.63, 3.8) is 0 Å². The van der Waals surface area contributed by atoms with Gasteiger partial charge in [0.1, 0.15) is 0 Å². The number of piperidine rings is 1. The van der Waals surface area contributed by atoms with Gasteiger partial charge in [-0.25, -0.2) is 0 Å². The SMILES string of the molecule is CC1CNC(C(=O)N2CC3CCCC(C3)C2)CN1. The van der Waals surface area contributed by atoms with Crippen molar-refractivity contribution in [2.24, 2.45) is 11.8 Å². The monoisotopic (exact) mass is 251 g/mol. The molecule has 4 nitrogen and oxygen atoms in total. The van der Waals surface area contributed by atoms with Crippen molar-refractivity contribution in [3.8, 4) is 0 Å². The van der Waals surface area contributed by atoms with Crippen molar-refractivity contribution in [2.45, 2.75) is 44.7 Å². The molecule has 4 atom stereocenters. The molecule has 1 aliphatic carbocycles. The van der Waals surface area contributed by atoms with E-state index in [0.29, 0.717) is 11.9 Å². The molecule has 0 aromatic rings. The van der Waals surface area contributed by atoms with Gasteiger partial charge in [0, 0.05) is 32.2 Å². The quantitative estimate of drug-likeness (QED) is 0.717. The summed E-state index contributed by atoms with van der Waals surface area (Å²) < 4.78 is 0. The summed E-state index contributed by atoms with van der Waals surface area (Å²) >= 11 is 0. The van der Waals surface area contributed by atoms with E-state index in [0.717, 1.165) is 38.0 Å². The Morgan fingerprint density at radius 3 is 2.44 bits per heavy atom. The van der Waals surface area contributed by atoms with Crippen molar-refractivity contribution in [1.29, 1.82) is 0 Å². The molecular weight excluding hydrogens is 226 g/mol. The standard InChI is InChI=1S/C14H25N3O/c1-10-6-16-13(7-15-10)14(18)17-8-11-3-2-4-12(5-11)9-17/h10-13,15-16H,2-9H2,1H3. The fraction of sp³-hybridized carbons (Fsp3) is 0.929. The molecule has 2 saturated heterocycles. The normalized spacial score (nSPS) is 40.6. The van der Waals surface area contributed by atoms with E-state index >= 15 is 0 Å². The first kappa shape index (κ1) is 12.4. The summed E-state index contributed by atoms with van der Waals surface area (Å²) in [6.07, 6.45) is 5.39. The summed E-state index contributed by atoms with van der Waals surface area (Å²) in [6.45, 7) is 5.84. The number of hydrogen-bond donors (Lipinski definition) is 2. The highest BCUT2D eigenvalue weighted by molar-refractivity contribution is 5.82. The van der Waals surface area contributed by atoms with E-state index in [1.165, 1.54) is 25.7 Å². The molecule has 3 fully saturated rings. The van der Waals surface area contributed by atoms with Crippen LogP contribution in [0.5, 0.6) is 0 Å². The number of hydrogen-bond acceptors (Lipinski definition) is 3. The number of nitrogens with one attached hydrogen (secondary N) is 2. The van der Waals surface area contributed by atoms with E-state index in [-0.39, 0.29) is 6.04 Å². The van der Waals surface area contributed by atoms with E-state index in [9.17, 15) is 4.79 Å². The Morgan fingerprint density at radius 1 is 1.11 bits per heavy atom. The third-order valence-corrected chi connectivity index (χ3v) is 4.80. The van der Waals surface area contributed by atoms with Crippen molar-refractivity contribution >= 4 is 5.91 Å². The maximum Gasteiger partial charge on any atom is 0.241 e. The minimum absolute atomic E-state index is 0.0000246. The maximum atomic E-state index is 12.5. The third-order valence-electron chi connectivity index (χ3n) is 4.80. The lowest BCUT2D eigenvalue weighted by Gasteiger charge is -2.43. The van der Waals surface area contributed by atoms with Crippen LogP contribution in [0.2, 0.25) is 0 Å². The second kappa shape index (κ2) is 5.17. The van der Waals surface area contributed by atoms with Gasteiger partial charge in [0.05, 0.1) is 6.04 Å². The van der Waals surface area contributed by atoms with E-state index < -0.39 is 0 Å². The average molecular weight is 251 g/mol. The van der Waals surface area contributed by atoms with Crippen LogP contribution in [0.3, 0.4) is 0 Å². The second-order valence-corrected chi connectivity index (χ2v) is 6.41. The Labute approximate surface area is 109 Å². The van der Waals surface area contributed by atoms with Crippen LogP contribution in [0.1, 0.15) is 32.6 Å². The Kier molecular flexibility index (Phi) is 3.57. The molecule has 2 bridgehead atoms. The van der Waals surface area contributed by atoms with Crippen LogP contribution in [0.25, 0.3) is 0 Å². The lowest BCUT2D eigenvalue weighted by molar-refractivity contribution is -0.137. The smallest absolute Gasteiger partial charge is 0.241 e. The van der Waals surface area contributed by atoms with E-state index in [1.807, 2.05) is 0 Å². The molecule has 1 amide bonds. The van der Waals surface area contributed by atoms with Gasteiger partial charge in [0.25, 0.3) is 0 Å². The van der Waals surface area contributed by atoms with Crippen LogP contribution >= 0.6 is 0 Å². The maximum absolute atomic E-state index is 12.5. The molecule has 102 valence electrons. The van der Waals surface area contributed by atoms with Gasteiger partial charge in [-0.05, 0) is 38.0 Å². The molecule has 0 spiro atoms. The lowest BCUT2D eigenvalue weighted by Crippen LogP contribution is -2.61. The second-order valence-electron chi connectivity index (χ2n) is 6.41. The molecule has 2 N–H and O–H groups in total. The summed E-state index contributed by atoms with van der Waals surface area (Å²) in [5, 5.41) is 6.77. The molecule has 3 rings (SSSR count). The van der Waals surface area contributed by atoms with Crippen molar-refractivity contribution < 1.29 is 4.79 Å². The topological polar surface area (TPSA) is 44.4 Å². The zero-order valence-electron chi connectivity index (χ0n) is 11.3. The van der Waals surface area contributed by atoms with Crippen molar-refractivity contribution in [3.05, 3.63) is 0 Å². The van der Waals surface area contributed by atoms with Gasteiger partial charge < -0.3 is 15.5 Å². The highest BCUT2D eigenvalue weighted by Crippen LogP contribution is 2.34. The van der Waals surface area contributed by atoms with Gasteiger partial charge in [-0.3, -0.25) is 4.79 Å². The molecular formula is C14H25N3O. The Balaban J connectivity index is 1.59. The fourth-order valence-electron chi connectivity index (χ4n) is 3.79. The highest BCUT2D eigenvalue weighted by atomic mass is 16.2. The van der Waals surface area contributed by atoms with Crippen molar-refractivity contribution in [2.75, 3.05) is 26.2 Å². The molecule has 0 aromatic carbocycles. The first-order chi connectivity index (χ1) is 8.72. The van der Waals surface area contributed by atoms with Crippen LogP contribution < -0.4 is 10.6 Å². The van der Waals surface area contributed by atoms with Gasteiger partial charge in [-0.1, -0.05) is 6.42 Å². The molecule has 0 radical (unpaired) electrons. The Hall–Kier alpha value is -0.610. The number of amides is 1. The number of carbonyl (C=O) groups is 1. The zero-order chi connectivity index (χ0) is 12.5. The molecule has 3 aliphatic rings. The minimum atomic E-state index is 0.0000246. The predicted octanol–water partition coefficient (Wildman–Crippen LogP) is 0.585. The van der Waals surface area contributed by atoms with Gasteiger partial charge in [-0.2, -0.15) is 0 Å². The van der Waals surface area contributed by atoms with E-state index in [4.69, 9.17) is 0 Å². The predicted molar refractivity (Wildman–Crippen MR) is 71.3 cm³/mol. The summed E-state index contributed by atoms with van der Waals surface area (Å²) in [5.41, 5.74) is 0. The summed E-state index contributed by atoms with van der Waals surface area (Å²) in [6, 6.07) is 0.481. The van der Waals surface area contributed by atoms with Crippen LogP contribution in [0, 0.1) is 11.8 Å². The van der Waals surface area contributed by atoms with Crippen LogP contribution in [-0.2, 0) is 4.79 Å². The molecule has 0 aromatic heterocycles. The minimum Gasteiger partial charge on any atom is -0.341 e. The first-order valence-electron chi connectivity index (χ1n) is 7.48. The number of rotatable bonds is 1. The van der Waals surface area contributed by atoms with Crippen LogP contribution in [-0.4, -0.2) is 49.1 Å². The molecule has 4 unspecified atom stereocenters. The largest absolute Gasteiger partial charge is 0.341 e. The Morgan fingerprint density at radius 2 is 1.83 bits per heavy atom. The summed E-state index contributed by atoms with van der Waals surface area (Å²) in [7, 11) is 0. The first-order valence-corrected chi connectivity index (χ1v) is 7.48. The van der Waals surface area contributed by atoms with Gasteiger partial charge >= 0.3 is 0 Å². The van der Waals surface area contributed by atoms with Crippen LogP contribution in [0.15, 0.2) is 0 Å². The van der Waals surface area contributed by atoms with Gasteiger partial charge in [0.2, 0.25) is 5.91 Å². The molecule has 4 heteroatoms. The van der Waals surface area contributed by atoms with Crippen molar-refractivity contribution in [1.82, 2.24) is 15.5 Å². The molecule has 2 heterocycles.